The maximum absolute atomic E-state index is 12.3. The Morgan fingerprint density at radius 3 is 2.48 bits per heavy atom. The van der Waals surface area contributed by atoms with Crippen molar-refractivity contribution in [1.82, 2.24) is 4.90 Å². The second-order valence-electron chi connectivity index (χ2n) is 6.87. The molecule has 0 saturated carbocycles. The van der Waals surface area contributed by atoms with Gasteiger partial charge in [0, 0.05) is 19.5 Å². The van der Waals surface area contributed by atoms with Gasteiger partial charge in [-0.2, -0.15) is 0 Å². The summed E-state index contributed by atoms with van der Waals surface area (Å²) in [5, 5.41) is 0. The van der Waals surface area contributed by atoms with Crippen LogP contribution in [0.3, 0.4) is 0 Å². The maximum atomic E-state index is 12.3. The Morgan fingerprint density at radius 1 is 1.08 bits per heavy atom. The molecule has 4 nitrogen and oxygen atoms in total. The molecule has 0 radical (unpaired) electrons. The number of piperidine rings is 1. The van der Waals surface area contributed by atoms with E-state index < -0.39 is 0 Å². The molecule has 0 bridgehead atoms. The molecule has 1 fully saturated rings. The van der Waals surface area contributed by atoms with Gasteiger partial charge in [-0.25, -0.2) is 0 Å². The molecule has 0 aromatic heterocycles. The summed E-state index contributed by atoms with van der Waals surface area (Å²) in [5.74, 6) is 0.0764. The Bertz CT molecular complexity index is 521. The van der Waals surface area contributed by atoms with Crippen molar-refractivity contribution in [1.29, 1.82) is 0 Å². The van der Waals surface area contributed by atoms with E-state index in [9.17, 15) is 9.59 Å². The zero-order valence-electron chi connectivity index (χ0n) is 15.4. The number of rotatable bonds is 9. The van der Waals surface area contributed by atoms with Crippen LogP contribution in [0.2, 0.25) is 0 Å². The van der Waals surface area contributed by atoms with E-state index in [1.54, 1.807) is 0 Å². The summed E-state index contributed by atoms with van der Waals surface area (Å²) in [6.07, 6.45) is 7.23. The predicted octanol–water partition coefficient (Wildman–Crippen LogP) is 3.98. The third-order valence-corrected chi connectivity index (χ3v) is 4.89. The smallest absolute Gasteiger partial charge is 0.309 e. The second kappa shape index (κ2) is 10.9. The first kappa shape index (κ1) is 19.5. The molecule has 1 aliphatic heterocycles. The monoisotopic (exact) mass is 345 g/mol. The number of carbonyl (C=O) groups excluding carboxylic acids is 2. The molecule has 2 rings (SSSR count). The average Bonchev–Trinajstić information content (AvgIpc) is 2.66. The molecule has 4 heteroatoms. The third kappa shape index (κ3) is 6.89. The summed E-state index contributed by atoms with van der Waals surface area (Å²) in [6.45, 7) is 4.04. The van der Waals surface area contributed by atoms with Crippen molar-refractivity contribution >= 4 is 11.9 Å². The Kier molecular flexibility index (Phi) is 8.50. The molecule has 1 aromatic rings. The van der Waals surface area contributed by atoms with Crippen LogP contribution >= 0.6 is 0 Å². The van der Waals surface area contributed by atoms with Crippen LogP contribution in [-0.4, -0.2) is 36.5 Å². The number of nitrogens with zero attached hydrogens (tertiary/aromatic N) is 1. The molecular formula is C21H31NO3. The Hall–Kier alpha value is -1.84. The highest BCUT2D eigenvalue weighted by Crippen LogP contribution is 2.20. The fourth-order valence-corrected chi connectivity index (χ4v) is 3.24. The van der Waals surface area contributed by atoms with Gasteiger partial charge in [-0.1, -0.05) is 56.5 Å². The minimum absolute atomic E-state index is 0.0376. The van der Waals surface area contributed by atoms with E-state index in [1.165, 1.54) is 18.4 Å². The molecule has 1 saturated heterocycles. The van der Waals surface area contributed by atoms with Gasteiger partial charge in [0.1, 0.15) is 0 Å². The fourth-order valence-electron chi connectivity index (χ4n) is 3.24. The molecular weight excluding hydrogens is 314 g/mol. The van der Waals surface area contributed by atoms with Crippen molar-refractivity contribution in [3.05, 3.63) is 35.9 Å². The molecule has 1 aromatic carbocycles. The lowest BCUT2D eigenvalue weighted by Gasteiger charge is -2.31. The maximum Gasteiger partial charge on any atom is 0.309 e. The number of benzene rings is 1. The Labute approximate surface area is 151 Å². The zero-order chi connectivity index (χ0) is 17.9. The van der Waals surface area contributed by atoms with Gasteiger partial charge in [-0.05, 0) is 31.2 Å². The first-order valence-corrected chi connectivity index (χ1v) is 9.69. The number of hydrogen-bond donors (Lipinski definition) is 0. The SMILES string of the molecule is CCCCCCOC(=O)C1CCN(C(=O)CCc2ccccc2)CC1. The van der Waals surface area contributed by atoms with E-state index >= 15 is 0 Å². The molecule has 0 N–H and O–H groups in total. The summed E-state index contributed by atoms with van der Waals surface area (Å²) in [5.41, 5.74) is 1.19. The molecule has 0 atom stereocenters. The molecule has 138 valence electrons. The van der Waals surface area contributed by atoms with E-state index in [0.29, 0.717) is 26.1 Å². The molecule has 1 amide bonds. The van der Waals surface area contributed by atoms with Gasteiger partial charge in [0.25, 0.3) is 0 Å². The summed E-state index contributed by atoms with van der Waals surface area (Å²) in [7, 11) is 0. The number of ether oxygens (including phenoxy) is 1. The lowest BCUT2D eigenvalue weighted by atomic mass is 9.96. The first-order chi connectivity index (χ1) is 12.2. The van der Waals surface area contributed by atoms with Crippen LogP contribution in [0.4, 0.5) is 0 Å². The van der Waals surface area contributed by atoms with Gasteiger partial charge in [0.05, 0.1) is 12.5 Å². The van der Waals surface area contributed by atoms with Crippen molar-refractivity contribution in [2.75, 3.05) is 19.7 Å². The topological polar surface area (TPSA) is 46.6 Å². The van der Waals surface area contributed by atoms with Gasteiger partial charge in [0.2, 0.25) is 5.91 Å². The number of amides is 1. The van der Waals surface area contributed by atoms with Gasteiger partial charge in [-0.15, -0.1) is 0 Å². The zero-order valence-corrected chi connectivity index (χ0v) is 15.4. The lowest BCUT2D eigenvalue weighted by Crippen LogP contribution is -2.40. The number of aryl methyl sites for hydroxylation is 1. The summed E-state index contributed by atoms with van der Waals surface area (Å²) in [4.78, 5) is 26.3. The Morgan fingerprint density at radius 2 is 1.80 bits per heavy atom. The number of unbranched alkanes of at least 4 members (excludes halogenated alkanes) is 3. The van der Waals surface area contributed by atoms with Crippen molar-refractivity contribution in [2.45, 2.75) is 58.3 Å². The molecule has 0 spiro atoms. The fraction of sp³-hybridized carbons (Fsp3) is 0.619. The summed E-state index contributed by atoms with van der Waals surface area (Å²) < 4.78 is 5.39. The van der Waals surface area contributed by atoms with Crippen LogP contribution < -0.4 is 0 Å². The van der Waals surface area contributed by atoms with Crippen molar-refractivity contribution in [2.24, 2.45) is 5.92 Å². The van der Waals surface area contributed by atoms with Gasteiger partial charge < -0.3 is 9.64 Å². The standard InChI is InChI=1S/C21H31NO3/c1-2-3-4-8-17-25-21(24)19-13-15-22(16-14-19)20(23)12-11-18-9-6-5-7-10-18/h5-7,9-10,19H,2-4,8,11-17H2,1H3. The number of hydrogen-bond acceptors (Lipinski definition) is 3. The number of esters is 1. The first-order valence-electron chi connectivity index (χ1n) is 9.69. The van der Waals surface area contributed by atoms with E-state index in [0.717, 1.165) is 32.1 Å². The highest BCUT2D eigenvalue weighted by Gasteiger charge is 2.28. The van der Waals surface area contributed by atoms with Crippen LogP contribution in [0.25, 0.3) is 0 Å². The van der Waals surface area contributed by atoms with Crippen molar-refractivity contribution < 1.29 is 14.3 Å². The van der Waals surface area contributed by atoms with Crippen LogP contribution in [0.5, 0.6) is 0 Å². The molecule has 25 heavy (non-hydrogen) atoms. The van der Waals surface area contributed by atoms with Gasteiger partial charge >= 0.3 is 5.97 Å². The van der Waals surface area contributed by atoms with Crippen LogP contribution in [-0.2, 0) is 20.7 Å². The van der Waals surface area contributed by atoms with Crippen LogP contribution in [0, 0.1) is 5.92 Å². The van der Waals surface area contributed by atoms with Crippen molar-refractivity contribution in [3.63, 3.8) is 0 Å². The van der Waals surface area contributed by atoms with E-state index in [2.05, 4.69) is 19.1 Å². The average molecular weight is 345 g/mol. The van der Waals surface area contributed by atoms with Gasteiger partial charge in [0.15, 0.2) is 0 Å². The highest BCUT2D eigenvalue weighted by atomic mass is 16.5. The number of carbonyl (C=O) groups is 2. The van der Waals surface area contributed by atoms with Crippen molar-refractivity contribution in [3.8, 4) is 0 Å². The van der Waals surface area contributed by atoms with E-state index in [-0.39, 0.29) is 17.8 Å². The van der Waals surface area contributed by atoms with Crippen LogP contribution in [0.15, 0.2) is 30.3 Å². The normalized spacial score (nSPS) is 15.2. The molecule has 1 aliphatic rings. The summed E-state index contributed by atoms with van der Waals surface area (Å²) >= 11 is 0. The molecule has 0 aliphatic carbocycles. The van der Waals surface area contributed by atoms with Crippen LogP contribution in [0.1, 0.15) is 57.4 Å². The largest absolute Gasteiger partial charge is 0.465 e. The third-order valence-electron chi connectivity index (χ3n) is 4.89. The minimum Gasteiger partial charge on any atom is -0.465 e. The quantitative estimate of drug-likeness (QED) is 0.502. The minimum atomic E-state index is -0.0760. The molecule has 1 heterocycles. The Balaban J connectivity index is 1.63. The predicted molar refractivity (Wildman–Crippen MR) is 99.2 cm³/mol. The van der Waals surface area contributed by atoms with Gasteiger partial charge in [-0.3, -0.25) is 9.59 Å². The number of likely N-dealkylation sites (tertiary alicyclic amines) is 1. The summed E-state index contributed by atoms with van der Waals surface area (Å²) in [6, 6.07) is 10.1. The second-order valence-corrected chi connectivity index (χ2v) is 6.87. The highest BCUT2D eigenvalue weighted by molar-refractivity contribution is 5.77. The lowest BCUT2D eigenvalue weighted by molar-refractivity contribution is -0.151. The van der Waals surface area contributed by atoms with E-state index in [1.807, 2.05) is 23.1 Å². The van der Waals surface area contributed by atoms with E-state index in [4.69, 9.17) is 4.74 Å². The molecule has 0 unspecified atom stereocenters.